The molecule has 0 bridgehead atoms. The van der Waals surface area contributed by atoms with E-state index in [2.05, 4.69) is 16.6 Å². The zero-order valence-electron chi connectivity index (χ0n) is 17.2. The number of thiazole rings is 1. The molecule has 0 aliphatic heterocycles. The molecule has 0 unspecified atom stereocenters. The number of benzene rings is 2. The van der Waals surface area contributed by atoms with Crippen LogP contribution in [0.25, 0.3) is 26.4 Å². The summed E-state index contributed by atoms with van der Waals surface area (Å²) in [5.74, 6) is 1.39. The first-order valence-corrected chi connectivity index (χ1v) is 11.3. The molecule has 2 aromatic carbocycles. The molecule has 0 radical (unpaired) electrons. The Morgan fingerprint density at radius 3 is 2.90 bits per heavy atom. The molecule has 1 N–H and O–H groups in total. The highest BCUT2D eigenvalue weighted by Gasteiger charge is 2.23. The summed E-state index contributed by atoms with van der Waals surface area (Å²) < 4.78 is 8.49. The quantitative estimate of drug-likeness (QED) is 0.473. The van der Waals surface area contributed by atoms with E-state index < -0.39 is 0 Å². The highest BCUT2D eigenvalue weighted by Crippen LogP contribution is 2.31. The highest BCUT2D eigenvalue weighted by molar-refractivity contribution is 7.23. The van der Waals surface area contributed by atoms with Crippen LogP contribution in [0.2, 0.25) is 0 Å². The number of amides is 1. The molecule has 4 aromatic rings. The van der Waals surface area contributed by atoms with Crippen molar-refractivity contribution in [2.75, 3.05) is 7.11 Å². The van der Waals surface area contributed by atoms with E-state index in [1.165, 1.54) is 19.3 Å². The van der Waals surface area contributed by atoms with Crippen molar-refractivity contribution in [3.8, 4) is 17.0 Å². The maximum absolute atomic E-state index is 12.8. The number of carbonyl (C=O) groups excluding carboxylic acids is 1. The van der Waals surface area contributed by atoms with Crippen LogP contribution in [0.1, 0.15) is 43.0 Å². The molecular weight excluding hydrogens is 394 g/mol. The third-order valence-corrected chi connectivity index (χ3v) is 7.17. The van der Waals surface area contributed by atoms with Crippen LogP contribution in [0, 0.1) is 5.92 Å². The van der Waals surface area contributed by atoms with Gasteiger partial charge in [-0.3, -0.25) is 9.20 Å². The number of methoxy groups -OCH3 is 1. The molecule has 2 aromatic heterocycles. The maximum Gasteiger partial charge on any atom is 0.251 e. The fourth-order valence-electron chi connectivity index (χ4n) is 4.35. The summed E-state index contributed by atoms with van der Waals surface area (Å²) in [6.45, 7) is 2.24. The Morgan fingerprint density at radius 1 is 1.20 bits per heavy atom. The molecule has 154 valence electrons. The molecule has 1 amide bonds. The van der Waals surface area contributed by atoms with Crippen molar-refractivity contribution in [2.45, 2.75) is 38.6 Å². The lowest BCUT2D eigenvalue weighted by Gasteiger charge is -2.29. The molecular formula is C24H25N3O2S. The SMILES string of the molecule is COc1cccc(-c2cn3c(n2)sc2cc(C(=O)N[C@H]4CCCC[C@@H]4C)ccc23)c1. The zero-order valence-corrected chi connectivity index (χ0v) is 18.0. The third-order valence-electron chi connectivity index (χ3n) is 6.15. The van der Waals surface area contributed by atoms with Crippen LogP contribution >= 0.6 is 11.3 Å². The molecule has 2 heterocycles. The number of fused-ring (bicyclic) bond motifs is 3. The Balaban J connectivity index is 1.43. The lowest BCUT2D eigenvalue weighted by atomic mass is 9.86. The third kappa shape index (κ3) is 3.45. The first-order chi connectivity index (χ1) is 14.6. The number of ether oxygens (including phenoxy) is 1. The zero-order chi connectivity index (χ0) is 20.7. The lowest BCUT2D eigenvalue weighted by molar-refractivity contribution is 0.0910. The van der Waals surface area contributed by atoms with Gasteiger partial charge in [0.1, 0.15) is 5.75 Å². The second kappa shape index (κ2) is 7.76. The highest BCUT2D eigenvalue weighted by atomic mass is 32.1. The monoisotopic (exact) mass is 419 g/mol. The van der Waals surface area contributed by atoms with Gasteiger partial charge in [0, 0.05) is 23.4 Å². The number of aromatic nitrogens is 2. The van der Waals surface area contributed by atoms with Gasteiger partial charge >= 0.3 is 0 Å². The Hall–Kier alpha value is -2.86. The predicted octanol–water partition coefficient (Wildman–Crippen LogP) is 5.53. The van der Waals surface area contributed by atoms with Crippen LogP contribution < -0.4 is 10.1 Å². The number of imidazole rings is 1. The second-order valence-electron chi connectivity index (χ2n) is 8.14. The minimum atomic E-state index is 0.0266. The minimum absolute atomic E-state index is 0.0266. The van der Waals surface area contributed by atoms with Crippen molar-refractivity contribution >= 4 is 32.4 Å². The van der Waals surface area contributed by atoms with Crippen molar-refractivity contribution in [3.63, 3.8) is 0 Å². The van der Waals surface area contributed by atoms with Gasteiger partial charge in [-0.2, -0.15) is 0 Å². The number of nitrogens with one attached hydrogen (secondary N) is 1. The normalized spacial score (nSPS) is 19.3. The Bertz CT molecular complexity index is 1230. The molecule has 1 aliphatic rings. The van der Waals surface area contributed by atoms with Gasteiger partial charge in [-0.05, 0) is 49.1 Å². The van der Waals surface area contributed by atoms with Crippen LogP contribution in [-0.2, 0) is 0 Å². The Labute approximate surface area is 179 Å². The van der Waals surface area contributed by atoms with Gasteiger partial charge in [-0.1, -0.05) is 43.2 Å². The van der Waals surface area contributed by atoms with Crippen LogP contribution in [-0.4, -0.2) is 28.4 Å². The van der Waals surface area contributed by atoms with Crippen LogP contribution in [0.3, 0.4) is 0 Å². The molecule has 0 saturated heterocycles. The topological polar surface area (TPSA) is 55.6 Å². The lowest BCUT2D eigenvalue weighted by Crippen LogP contribution is -2.41. The first-order valence-electron chi connectivity index (χ1n) is 10.5. The first kappa shape index (κ1) is 19.1. The van der Waals surface area contributed by atoms with Crippen LogP contribution in [0.15, 0.2) is 48.7 Å². The largest absolute Gasteiger partial charge is 0.497 e. The van der Waals surface area contributed by atoms with Crippen molar-refractivity contribution < 1.29 is 9.53 Å². The summed E-state index contributed by atoms with van der Waals surface area (Å²) in [4.78, 5) is 18.5. The van der Waals surface area contributed by atoms with Crippen molar-refractivity contribution in [2.24, 2.45) is 5.92 Å². The van der Waals surface area contributed by atoms with Gasteiger partial charge in [0.05, 0.1) is 23.0 Å². The molecule has 30 heavy (non-hydrogen) atoms. The second-order valence-corrected chi connectivity index (χ2v) is 9.15. The summed E-state index contributed by atoms with van der Waals surface area (Å²) in [7, 11) is 1.67. The van der Waals surface area contributed by atoms with Crippen molar-refractivity contribution in [3.05, 3.63) is 54.2 Å². The van der Waals surface area contributed by atoms with E-state index in [4.69, 9.17) is 9.72 Å². The molecule has 1 saturated carbocycles. The Kier molecular flexibility index (Phi) is 4.95. The fraction of sp³-hybridized carbons (Fsp3) is 0.333. The molecule has 5 rings (SSSR count). The van der Waals surface area contributed by atoms with Crippen LogP contribution in [0.5, 0.6) is 5.75 Å². The molecule has 6 heteroatoms. The van der Waals surface area contributed by atoms with Gasteiger partial charge in [0.15, 0.2) is 4.96 Å². The summed E-state index contributed by atoms with van der Waals surface area (Å²) in [5.41, 5.74) is 3.73. The number of carbonyl (C=O) groups is 1. The van der Waals surface area contributed by atoms with Gasteiger partial charge in [0.2, 0.25) is 0 Å². The molecule has 1 aliphatic carbocycles. The molecule has 5 nitrogen and oxygen atoms in total. The van der Waals surface area contributed by atoms with E-state index in [0.717, 1.165) is 44.2 Å². The minimum Gasteiger partial charge on any atom is -0.497 e. The molecule has 2 atom stereocenters. The van der Waals surface area contributed by atoms with Crippen molar-refractivity contribution in [1.29, 1.82) is 0 Å². The van der Waals surface area contributed by atoms with Crippen molar-refractivity contribution in [1.82, 2.24) is 14.7 Å². The summed E-state index contributed by atoms with van der Waals surface area (Å²) in [6, 6.07) is 14.1. The number of rotatable bonds is 4. The maximum atomic E-state index is 12.8. The van der Waals surface area contributed by atoms with Gasteiger partial charge in [-0.25, -0.2) is 4.98 Å². The summed E-state index contributed by atoms with van der Waals surface area (Å²) in [5, 5.41) is 3.25. The molecule has 0 spiro atoms. The van der Waals surface area contributed by atoms with E-state index in [1.54, 1.807) is 18.4 Å². The molecule has 1 fully saturated rings. The summed E-state index contributed by atoms with van der Waals surface area (Å²) >= 11 is 1.61. The average molecular weight is 420 g/mol. The number of nitrogens with zero attached hydrogens (tertiary/aromatic N) is 2. The fourth-order valence-corrected chi connectivity index (χ4v) is 5.39. The average Bonchev–Trinajstić information content (AvgIpc) is 3.33. The number of hydrogen-bond acceptors (Lipinski definition) is 4. The van der Waals surface area contributed by atoms with Gasteiger partial charge < -0.3 is 10.1 Å². The van der Waals surface area contributed by atoms with E-state index >= 15 is 0 Å². The van der Waals surface area contributed by atoms with Gasteiger partial charge in [-0.15, -0.1) is 0 Å². The van der Waals surface area contributed by atoms with E-state index in [1.807, 2.05) is 48.7 Å². The predicted molar refractivity (Wildman–Crippen MR) is 121 cm³/mol. The Morgan fingerprint density at radius 2 is 2.07 bits per heavy atom. The summed E-state index contributed by atoms with van der Waals surface area (Å²) in [6.07, 6.45) is 6.79. The number of hydrogen-bond donors (Lipinski definition) is 1. The van der Waals surface area contributed by atoms with E-state index in [-0.39, 0.29) is 11.9 Å². The van der Waals surface area contributed by atoms with E-state index in [9.17, 15) is 4.79 Å². The standard InChI is InChI=1S/C24H25N3O2S/c1-15-6-3-4-9-19(15)25-23(28)17-10-11-21-22(13-17)30-24-26-20(14-27(21)24)16-7-5-8-18(12-16)29-2/h5,7-8,10-15,19H,3-4,6,9H2,1-2H3,(H,25,28)/t15-,19-/m0/s1. The van der Waals surface area contributed by atoms with Gasteiger partial charge in [0.25, 0.3) is 5.91 Å². The van der Waals surface area contributed by atoms with E-state index in [0.29, 0.717) is 5.92 Å². The van der Waals surface area contributed by atoms with Crippen LogP contribution in [0.4, 0.5) is 0 Å². The smallest absolute Gasteiger partial charge is 0.251 e.